The van der Waals surface area contributed by atoms with Crippen molar-refractivity contribution in [3.8, 4) is 0 Å². The molecule has 0 aliphatic carbocycles. The van der Waals surface area contributed by atoms with Crippen LogP contribution in [0.15, 0.2) is 24.3 Å². The highest BCUT2D eigenvalue weighted by molar-refractivity contribution is 7.79. The fourth-order valence-electron chi connectivity index (χ4n) is 0.805. The molecule has 7 heteroatoms. The van der Waals surface area contributed by atoms with Gasteiger partial charge in [0.1, 0.15) is 0 Å². The van der Waals surface area contributed by atoms with Crippen molar-refractivity contribution in [1.29, 1.82) is 0 Å². The van der Waals surface area contributed by atoms with E-state index in [1.807, 2.05) is 24.3 Å². The van der Waals surface area contributed by atoms with Gasteiger partial charge in [-0.15, -0.1) is 0 Å². The Bertz CT molecular complexity index is 366. The molecule has 1 aromatic carbocycles. The zero-order valence-corrected chi connectivity index (χ0v) is 9.03. The second-order valence-corrected chi connectivity index (χ2v) is 3.50. The first-order valence-corrected chi connectivity index (χ1v) is 5.52. The molecule has 0 radical (unpaired) electrons. The number of rotatable bonds is 2. The zero-order chi connectivity index (χ0) is 11.9. The molecule has 0 bridgehead atoms. The lowest BCUT2D eigenvalue weighted by Gasteiger charge is -2.01. The maximum Gasteiger partial charge on any atom is 0.394 e. The minimum absolute atomic E-state index is 0.807. The van der Waals surface area contributed by atoms with Gasteiger partial charge < -0.3 is 11.1 Å². The third-order valence-electron chi connectivity index (χ3n) is 1.29. The van der Waals surface area contributed by atoms with E-state index in [1.165, 1.54) is 0 Å². The molecule has 15 heavy (non-hydrogen) atoms. The molecule has 0 fully saturated rings. The van der Waals surface area contributed by atoms with Gasteiger partial charge >= 0.3 is 10.4 Å². The standard InChI is InChI=1S/C8H12N2.H2O4S/c1-2-10-8-5-3-7(9)4-6-8;1-5(2,3)4/h3-6,10H,2,9H2,1H3;(H2,1,2,3,4). The zero-order valence-electron chi connectivity index (χ0n) is 8.21. The summed E-state index contributed by atoms with van der Waals surface area (Å²) in [6, 6.07) is 7.72. The highest BCUT2D eigenvalue weighted by atomic mass is 32.3. The predicted octanol–water partition coefficient (Wildman–Crippen LogP) is 1.05. The van der Waals surface area contributed by atoms with Gasteiger partial charge in [0, 0.05) is 17.9 Å². The number of hydrogen-bond donors (Lipinski definition) is 4. The minimum atomic E-state index is -4.67. The van der Waals surface area contributed by atoms with E-state index in [1.54, 1.807) is 0 Å². The number of nitrogens with one attached hydrogen (secondary N) is 1. The van der Waals surface area contributed by atoms with Crippen LogP contribution in [-0.4, -0.2) is 24.1 Å². The third-order valence-corrected chi connectivity index (χ3v) is 1.29. The molecule has 0 saturated carbocycles. The lowest BCUT2D eigenvalue weighted by Crippen LogP contribution is -1.95. The average molecular weight is 234 g/mol. The second-order valence-electron chi connectivity index (χ2n) is 2.60. The van der Waals surface area contributed by atoms with E-state index in [-0.39, 0.29) is 0 Å². The van der Waals surface area contributed by atoms with Crippen molar-refractivity contribution in [1.82, 2.24) is 0 Å². The maximum atomic E-state index is 8.74. The molecule has 1 rings (SSSR count). The molecule has 0 aliphatic rings. The molecule has 0 aromatic heterocycles. The quantitative estimate of drug-likeness (QED) is 0.449. The second kappa shape index (κ2) is 6.23. The predicted molar refractivity (Wildman–Crippen MR) is 59.2 cm³/mol. The summed E-state index contributed by atoms with van der Waals surface area (Å²) < 4.78 is 31.6. The number of anilines is 2. The first kappa shape index (κ1) is 13.7. The number of hydrogen-bond acceptors (Lipinski definition) is 4. The Morgan fingerprint density at radius 2 is 1.67 bits per heavy atom. The van der Waals surface area contributed by atoms with Crippen LogP contribution in [0.2, 0.25) is 0 Å². The van der Waals surface area contributed by atoms with Gasteiger partial charge in [0.25, 0.3) is 0 Å². The van der Waals surface area contributed by atoms with Crippen LogP contribution in [0.3, 0.4) is 0 Å². The fraction of sp³-hybridized carbons (Fsp3) is 0.250. The van der Waals surface area contributed by atoms with Crippen LogP contribution < -0.4 is 11.1 Å². The van der Waals surface area contributed by atoms with Crippen LogP contribution in [0.4, 0.5) is 11.4 Å². The van der Waals surface area contributed by atoms with E-state index in [0.29, 0.717) is 0 Å². The van der Waals surface area contributed by atoms with E-state index < -0.39 is 10.4 Å². The van der Waals surface area contributed by atoms with Gasteiger partial charge in [-0.1, -0.05) is 0 Å². The Hall–Kier alpha value is -1.31. The van der Waals surface area contributed by atoms with E-state index in [2.05, 4.69) is 12.2 Å². The smallest absolute Gasteiger partial charge is 0.394 e. The summed E-state index contributed by atoms with van der Waals surface area (Å²) in [5.41, 5.74) is 7.42. The Kier molecular flexibility index (Phi) is 5.68. The average Bonchev–Trinajstić information content (AvgIpc) is 2.06. The van der Waals surface area contributed by atoms with Crippen molar-refractivity contribution in [2.75, 3.05) is 17.6 Å². The molecule has 86 valence electrons. The van der Waals surface area contributed by atoms with Crippen molar-refractivity contribution >= 4 is 21.8 Å². The first-order chi connectivity index (χ1) is 6.83. The summed E-state index contributed by atoms with van der Waals surface area (Å²) >= 11 is 0. The largest absolute Gasteiger partial charge is 0.399 e. The Labute approximate surface area is 88.7 Å². The minimum Gasteiger partial charge on any atom is -0.399 e. The van der Waals surface area contributed by atoms with Crippen LogP contribution in [0.5, 0.6) is 0 Å². The third kappa shape index (κ3) is 10.6. The van der Waals surface area contributed by atoms with E-state index in [9.17, 15) is 0 Å². The summed E-state index contributed by atoms with van der Waals surface area (Å²) in [4.78, 5) is 0. The van der Waals surface area contributed by atoms with Crippen LogP contribution in [-0.2, 0) is 10.4 Å². The lowest BCUT2D eigenvalue weighted by atomic mass is 10.3. The van der Waals surface area contributed by atoms with Gasteiger partial charge in [0.2, 0.25) is 0 Å². The molecule has 0 unspecified atom stereocenters. The SMILES string of the molecule is CCNc1ccc(N)cc1.O=S(=O)(O)O. The van der Waals surface area contributed by atoms with Gasteiger partial charge in [-0.3, -0.25) is 9.11 Å². The van der Waals surface area contributed by atoms with E-state index in [4.69, 9.17) is 23.3 Å². The molecule has 6 nitrogen and oxygen atoms in total. The maximum absolute atomic E-state index is 8.74. The van der Waals surface area contributed by atoms with Gasteiger partial charge in [0.15, 0.2) is 0 Å². The van der Waals surface area contributed by atoms with Crippen LogP contribution >= 0.6 is 0 Å². The van der Waals surface area contributed by atoms with Crippen LogP contribution in [0.25, 0.3) is 0 Å². The van der Waals surface area contributed by atoms with Crippen molar-refractivity contribution in [3.05, 3.63) is 24.3 Å². The first-order valence-electron chi connectivity index (χ1n) is 4.12. The van der Waals surface area contributed by atoms with Gasteiger partial charge in [-0.05, 0) is 31.2 Å². The van der Waals surface area contributed by atoms with Gasteiger partial charge in [-0.2, -0.15) is 8.42 Å². The highest BCUT2D eigenvalue weighted by Crippen LogP contribution is 2.09. The summed E-state index contributed by atoms with van der Waals surface area (Å²) in [6.45, 7) is 3.01. The Morgan fingerprint density at radius 1 is 1.27 bits per heavy atom. The normalized spacial score (nSPS) is 10.1. The van der Waals surface area contributed by atoms with Crippen molar-refractivity contribution < 1.29 is 17.5 Å². The van der Waals surface area contributed by atoms with Crippen LogP contribution in [0, 0.1) is 0 Å². The van der Waals surface area contributed by atoms with Crippen LogP contribution in [0.1, 0.15) is 6.92 Å². The number of benzene rings is 1. The monoisotopic (exact) mass is 234 g/mol. The van der Waals surface area contributed by atoms with E-state index in [0.717, 1.165) is 17.9 Å². The molecule has 0 atom stereocenters. The Morgan fingerprint density at radius 3 is 2.00 bits per heavy atom. The molecule has 0 amide bonds. The van der Waals surface area contributed by atoms with Gasteiger partial charge in [0.05, 0.1) is 0 Å². The molecule has 1 aromatic rings. The molecular formula is C8H14N2O4S. The van der Waals surface area contributed by atoms with Crippen molar-refractivity contribution in [2.45, 2.75) is 6.92 Å². The molecule has 0 aliphatic heterocycles. The molecule has 0 spiro atoms. The topological polar surface area (TPSA) is 113 Å². The molecular weight excluding hydrogens is 220 g/mol. The highest BCUT2D eigenvalue weighted by Gasteiger charge is 1.86. The summed E-state index contributed by atoms with van der Waals surface area (Å²) in [7, 11) is -4.67. The molecule has 0 heterocycles. The lowest BCUT2D eigenvalue weighted by molar-refractivity contribution is 0.381. The summed E-state index contributed by atoms with van der Waals surface area (Å²) in [6.07, 6.45) is 0. The van der Waals surface area contributed by atoms with Gasteiger partial charge in [-0.25, -0.2) is 0 Å². The fourth-order valence-corrected chi connectivity index (χ4v) is 0.805. The summed E-state index contributed by atoms with van der Waals surface area (Å²) in [5, 5.41) is 3.18. The van der Waals surface area contributed by atoms with Crippen molar-refractivity contribution in [2.24, 2.45) is 0 Å². The van der Waals surface area contributed by atoms with E-state index >= 15 is 0 Å². The molecule has 5 N–H and O–H groups in total. The van der Waals surface area contributed by atoms with Crippen molar-refractivity contribution in [3.63, 3.8) is 0 Å². The Balaban J connectivity index is 0.000000336. The summed E-state index contributed by atoms with van der Waals surface area (Å²) in [5.74, 6) is 0. The number of nitrogens with two attached hydrogens (primary N) is 1. The molecule has 0 saturated heterocycles. The number of nitrogen functional groups attached to an aromatic ring is 1.